The molecule has 4 aromatic rings. The number of hydrogen-bond acceptors (Lipinski definition) is 5. The second-order valence-electron chi connectivity index (χ2n) is 6.28. The van der Waals surface area contributed by atoms with Crippen molar-refractivity contribution in [2.45, 2.75) is 4.90 Å². The largest absolute Gasteiger partial charge is 0.457 e. The van der Waals surface area contributed by atoms with E-state index >= 15 is 0 Å². The second-order valence-corrected chi connectivity index (χ2v) is 8.58. The molecule has 1 N–H and O–H groups in total. The first-order valence-electron chi connectivity index (χ1n) is 8.79. The lowest BCUT2D eigenvalue weighted by Crippen LogP contribution is -2.18. The lowest BCUT2D eigenvalue weighted by molar-refractivity contribution is 0.479. The molecule has 0 saturated heterocycles. The number of nitrogens with one attached hydrogen (secondary N) is 1. The zero-order chi connectivity index (χ0) is 21.3. The monoisotopic (exact) mass is 443 g/mol. The Hall–Kier alpha value is -3.07. The summed E-state index contributed by atoms with van der Waals surface area (Å²) in [6.07, 6.45) is 1.32. The molecular formula is C21H15ClFN3O3S. The van der Waals surface area contributed by atoms with Gasteiger partial charge in [-0.25, -0.2) is 27.5 Å². The summed E-state index contributed by atoms with van der Waals surface area (Å²) in [6, 6.07) is 15.4. The average Bonchev–Trinajstić information content (AvgIpc) is 2.75. The molecule has 0 saturated carbocycles. The van der Waals surface area contributed by atoms with Gasteiger partial charge < -0.3 is 4.74 Å². The molecule has 0 aliphatic rings. The molecule has 3 aromatic carbocycles. The Morgan fingerprint density at radius 1 is 1.00 bits per heavy atom. The average molecular weight is 444 g/mol. The molecule has 1 heterocycles. The van der Waals surface area contributed by atoms with Crippen molar-refractivity contribution in [3.63, 3.8) is 0 Å². The van der Waals surface area contributed by atoms with Crippen LogP contribution in [0.4, 0.5) is 4.39 Å². The standard InChI is InChI=1S/C21H15ClFN3O3S/c1-24-30(27,28)15-5-2-4-13(10-15)29-14-8-9-19(23)17(11-14)20-16-6-3-7-18(22)21(16)26-12-25-20/h2-12,24H,1H3. The van der Waals surface area contributed by atoms with E-state index in [-0.39, 0.29) is 10.5 Å². The molecular weight excluding hydrogens is 429 g/mol. The summed E-state index contributed by atoms with van der Waals surface area (Å²) in [5, 5.41) is 1.04. The number of sulfonamides is 1. The van der Waals surface area contributed by atoms with Crippen LogP contribution < -0.4 is 9.46 Å². The molecule has 0 aliphatic heterocycles. The topological polar surface area (TPSA) is 81.2 Å². The van der Waals surface area contributed by atoms with E-state index < -0.39 is 15.8 Å². The lowest BCUT2D eigenvalue weighted by Gasteiger charge is -2.11. The molecule has 1 aromatic heterocycles. The lowest BCUT2D eigenvalue weighted by atomic mass is 10.1. The van der Waals surface area contributed by atoms with Gasteiger partial charge in [-0.2, -0.15) is 0 Å². The summed E-state index contributed by atoms with van der Waals surface area (Å²) < 4.78 is 46.7. The normalized spacial score (nSPS) is 11.6. The van der Waals surface area contributed by atoms with Crippen LogP contribution in [0.5, 0.6) is 11.5 Å². The number of ether oxygens (including phenoxy) is 1. The molecule has 0 radical (unpaired) electrons. The van der Waals surface area contributed by atoms with Crippen molar-refractivity contribution in [1.82, 2.24) is 14.7 Å². The van der Waals surface area contributed by atoms with Gasteiger partial charge in [0.15, 0.2) is 0 Å². The number of halogens is 2. The van der Waals surface area contributed by atoms with Gasteiger partial charge in [0.1, 0.15) is 23.6 Å². The smallest absolute Gasteiger partial charge is 0.240 e. The predicted octanol–water partition coefficient (Wildman–Crippen LogP) is 4.79. The molecule has 0 atom stereocenters. The van der Waals surface area contributed by atoms with Crippen molar-refractivity contribution in [2.75, 3.05) is 7.05 Å². The molecule has 0 amide bonds. The highest BCUT2D eigenvalue weighted by molar-refractivity contribution is 7.89. The fourth-order valence-electron chi connectivity index (χ4n) is 2.97. The molecule has 0 aliphatic carbocycles. The molecule has 30 heavy (non-hydrogen) atoms. The number of nitrogens with zero attached hydrogens (tertiary/aromatic N) is 2. The highest BCUT2D eigenvalue weighted by Crippen LogP contribution is 2.34. The van der Waals surface area contributed by atoms with Crippen molar-refractivity contribution in [3.05, 3.63) is 77.8 Å². The van der Waals surface area contributed by atoms with Gasteiger partial charge >= 0.3 is 0 Å². The van der Waals surface area contributed by atoms with Crippen LogP contribution in [0.3, 0.4) is 0 Å². The Labute approximate surface area is 177 Å². The minimum Gasteiger partial charge on any atom is -0.457 e. The Balaban J connectivity index is 1.76. The summed E-state index contributed by atoms with van der Waals surface area (Å²) in [7, 11) is -2.29. The highest BCUT2D eigenvalue weighted by atomic mass is 35.5. The van der Waals surface area contributed by atoms with Gasteiger partial charge in [-0.15, -0.1) is 0 Å². The molecule has 9 heteroatoms. The third kappa shape index (κ3) is 3.85. The van der Waals surface area contributed by atoms with Gasteiger partial charge in [-0.3, -0.25) is 0 Å². The molecule has 4 rings (SSSR count). The minimum absolute atomic E-state index is 0.0567. The van der Waals surface area contributed by atoms with E-state index in [1.54, 1.807) is 30.3 Å². The SMILES string of the molecule is CNS(=O)(=O)c1cccc(Oc2ccc(F)c(-c3ncnc4c(Cl)cccc34)c2)c1. The van der Waals surface area contributed by atoms with Crippen molar-refractivity contribution in [2.24, 2.45) is 0 Å². The summed E-state index contributed by atoms with van der Waals surface area (Å²) in [4.78, 5) is 8.46. The van der Waals surface area contributed by atoms with Crippen molar-refractivity contribution in [1.29, 1.82) is 0 Å². The van der Waals surface area contributed by atoms with Crippen LogP contribution in [0.2, 0.25) is 5.02 Å². The van der Waals surface area contributed by atoms with Gasteiger partial charge in [-0.05, 0) is 43.4 Å². The maximum Gasteiger partial charge on any atom is 0.240 e. The summed E-state index contributed by atoms with van der Waals surface area (Å²) >= 11 is 6.20. The van der Waals surface area contributed by atoms with Crippen LogP contribution in [0.1, 0.15) is 0 Å². The predicted molar refractivity (Wildman–Crippen MR) is 113 cm³/mol. The Bertz CT molecular complexity index is 1360. The molecule has 0 unspecified atom stereocenters. The fourth-order valence-corrected chi connectivity index (χ4v) is 3.96. The number of rotatable bonds is 5. The number of aromatic nitrogens is 2. The Morgan fingerprint density at radius 2 is 1.77 bits per heavy atom. The van der Waals surface area contributed by atoms with Crippen molar-refractivity contribution < 1.29 is 17.5 Å². The van der Waals surface area contributed by atoms with Gasteiger partial charge in [0.25, 0.3) is 0 Å². The zero-order valence-electron chi connectivity index (χ0n) is 15.6. The van der Waals surface area contributed by atoms with Crippen LogP contribution in [0, 0.1) is 5.82 Å². The van der Waals surface area contributed by atoms with Gasteiger partial charge in [0.2, 0.25) is 10.0 Å². The molecule has 0 spiro atoms. The minimum atomic E-state index is -3.62. The highest BCUT2D eigenvalue weighted by Gasteiger charge is 2.15. The summed E-state index contributed by atoms with van der Waals surface area (Å²) in [6.45, 7) is 0. The van der Waals surface area contributed by atoms with Crippen molar-refractivity contribution >= 4 is 32.5 Å². The number of para-hydroxylation sites is 1. The first kappa shape index (κ1) is 20.2. The maximum atomic E-state index is 14.7. The molecule has 152 valence electrons. The number of hydrogen-bond donors (Lipinski definition) is 1. The number of fused-ring (bicyclic) bond motifs is 1. The van der Waals surface area contributed by atoms with Crippen LogP contribution in [0.15, 0.2) is 71.9 Å². The summed E-state index contributed by atoms with van der Waals surface area (Å²) in [5.74, 6) is 0.118. The Kier molecular flexibility index (Phi) is 5.38. The third-order valence-corrected chi connectivity index (χ3v) is 6.15. The van der Waals surface area contributed by atoms with E-state index in [0.29, 0.717) is 33.1 Å². The molecule has 0 bridgehead atoms. The summed E-state index contributed by atoms with van der Waals surface area (Å²) in [5.41, 5.74) is 1.10. The van der Waals surface area contributed by atoms with Crippen LogP contribution in [0.25, 0.3) is 22.2 Å². The number of benzene rings is 3. The molecule has 6 nitrogen and oxygen atoms in total. The van der Waals surface area contributed by atoms with Gasteiger partial charge in [0.05, 0.1) is 21.1 Å². The quantitative estimate of drug-likeness (QED) is 0.479. The van der Waals surface area contributed by atoms with Crippen LogP contribution in [-0.4, -0.2) is 25.4 Å². The van der Waals surface area contributed by atoms with E-state index in [9.17, 15) is 12.8 Å². The van der Waals surface area contributed by atoms with Gasteiger partial charge in [-0.1, -0.05) is 29.8 Å². The van der Waals surface area contributed by atoms with Crippen molar-refractivity contribution in [3.8, 4) is 22.8 Å². The van der Waals surface area contributed by atoms with E-state index in [1.807, 2.05) is 0 Å². The van der Waals surface area contributed by atoms with Crippen LogP contribution in [-0.2, 0) is 10.0 Å². The van der Waals surface area contributed by atoms with E-state index in [4.69, 9.17) is 16.3 Å². The Morgan fingerprint density at radius 3 is 2.57 bits per heavy atom. The van der Waals surface area contributed by atoms with E-state index in [0.717, 1.165) is 0 Å². The van der Waals surface area contributed by atoms with E-state index in [2.05, 4.69) is 14.7 Å². The van der Waals surface area contributed by atoms with Crippen LogP contribution >= 0.6 is 11.6 Å². The van der Waals surface area contributed by atoms with E-state index in [1.165, 1.54) is 43.7 Å². The maximum absolute atomic E-state index is 14.7. The van der Waals surface area contributed by atoms with Gasteiger partial charge in [0, 0.05) is 17.0 Å². The zero-order valence-corrected chi connectivity index (χ0v) is 17.2. The second kappa shape index (κ2) is 7.98. The third-order valence-electron chi connectivity index (χ3n) is 4.43. The first-order chi connectivity index (χ1) is 14.4. The fraction of sp³-hybridized carbons (Fsp3) is 0.0476. The molecule has 0 fully saturated rings. The first-order valence-corrected chi connectivity index (χ1v) is 10.7.